The van der Waals surface area contributed by atoms with Crippen molar-refractivity contribution in [2.24, 2.45) is 5.73 Å². The van der Waals surface area contributed by atoms with Crippen LogP contribution < -0.4 is 11.1 Å². The number of benzene rings is 2. The van der Waals surface area contributed by atoms with Crippen LogP contribution in [0.15, 0.2) is 67.0 Å². The minimum Gasteiger partial charge on any atom is -0.368 e. The maximum atomic E-state index is 12.8. The van der Waals surface area contributed by atoms with Gasteiger partial charge in [-0.1, -0.05) is 30.3 Å². The molecule has 2 amide bonds. The van der Waals surface area contributed by atoms with Gasteiger partial charge in [-0.2, -0.15) is 5.10 Å². The van der Waals surface area contributed by atoms with E-state index >= 15 is 0 Å². The lowest BCUT2D eigenvalue weighted by molar-refractivity contribution is -0.120. The molecule has 0 unspecified atom stereocenters. The van der Waals surface area contributed by atoms with Gasteiger partial charge in [-0.3, -0.25) is 19.7 Å². The highest BCUT2D eigenvalue weighted by molar-refractivity contribution is 6.03. The van der Waals surface area contributed by atoms with Gasteiger partial charge in [0.1, 0.15) is 11.7 Å². The van der Waals surface area contributed by atoms with Crippen molar-refractivity contribution in [3.05, 3.63) is 78.4 Å². The predicted octanol–water partition coefficient (Wildman–Crippen LogP) is 2.46. The number of aromatic nitrogens is 5. The summed E-state index contributed by atoms with van der Waals surface area (Å²) in [5.74, 6) is -1.10. The maximum absolute atomic E-state index is 12.8. The molecule has 31 heavy (non-hydrogen) atoms. The second kappa shape index (κ2) is 7.38. The highest BCUT2D eigenvalue weighted by Gasteiger charge is 2.23. The lowest BCUT2D eigenvalue weighted by Gasteiger charge is -2.14. The van der Waals surface area contributed by atoms with E-state index in [-0.39, 0.29) is 5.82 Å². The average Bonchev–Trinajstić information content (AvgIpc) is 3.40. The molecular formula is C22H17N7O2. The summed E-state index contributed by atoms with van der Waals surface area (Å²) in [6.07, 6.45) is 3.40. The predicted molar refractivity (Wildman–Crippen MR) is 115 cm³/mol. The van der Waals surface area contributed by atoms with Crippen molar-refractivity contribution in [3.63, 3.8) is 0 Å². The molecule has 3 aromatic heterocycles. The molecular weight excluding hydrogens is 394 g/mol. The standard InChI is InChI=1S/C22H17N7O2/c23-20(30)19(12-4-2-1-3-5-12)27-22(31)21-25-16-10-14-15(11-17(16)26-21)28-29-18(14)13-6-8-24-9-7-13/h1-11,19H,(H2,23,30)(H,25,26)(H,27,31)(H,28,29)/t19-/m0/s1. The minimum atomic E-state index is -0.959. The average molecular weight is 411 g/mol. The number of hydrogen-bond acceptors (Lipinski definition) is 5. The Hall–Kier alpha value is -4.53. The first-order valence-electron chi connectivity index (χ1n) is 9.53. The monoisotopic (exact) mass is 411 g/mol. The number of nitrogens with one attached hydrogen (secondary N) is 3. The van der Waals surface area contributed by atoms with E-state index in [1.54, 1.807) is 36.7 Å². The van der Waals surface area contributed by atoms with Crippen LogP contribution >= 0.6 is 0 Å². The minimum absolute atomic E-state index is 0.0863. The molecule has 5 rings (SSSR count). The summed E-state index contributed by atoms with van der Waals surface area (Å²) < 4.78 is 0. The number of amides is 2. The Morgan fingerprint density at radius 1 is 1.00 bits per heavy atom. The summed E-state index contributed by atoms with van der Waals surface area (Å²) in [7, 11) is 0. The largest absolute Gasteiger partial charge is 0.368 e. The fourth-order valence-corrected chi connectivity index (χ4v) is 3.52. The molecule has 0 saturated heterocycles. The third-order valence-corrected chi connectivity index (χ3v) is 5.03. The molecule has 5 N–H and O–H groups in total. The Morgan fingerprint density at radius 2 is 1.77 bits per heavy atom. The molecule has 0 radical (unpaired) electrons. The van der Waals surface area contributed by atoms with Crippen LogP contribution in [0.1, 0.15) is 22.2 Å². The van der Waals surface area contributed by atoms with Crippen LogP contribution in [0.2, 0.25) is 0 Å². The molecule has 0 aliphatic carbocycles. The molecule has 0 spiro atoms. The van der Waals surface area contributed by atoms with E-state index in [2.05, 4.69) is 30.5 Å². The zero-order chi connectivity index (χ0) is 21.4. The van der Waals surface area contributed by atoms with E-state index in [1.807, 2.05) is 30.3 Å². The first-order valence-corrected chi connectivity index (χ1v) is 9.53. The van der Waals surface area contributed by atoms with Crippen LogP contribution in [0.25, 0.3) is 33.2 Å². The zero-order valence-electron chi connectivity index (χ0n) is 16.2. The summed E-state index contributed by atoms with van der Waals surface area (Å²) in [6.45, 7) is 0. The van der Waals surface area contributed by atoms with E-state index in [1.165, 1.54) is 0 Å². The smallest absolute Gasteiger partial charge is 0.288 e. The quantitative estimate of drug-likeness (QED) is 0.351. The summed E-state index contributed by atoms with van der Waals surface area (Å²) >= 11 is 0. The number of primary amides is 1. The Morgan fingerprint density at radius 3 is 2.52 bits per heavy atom. The highest BCUT2D eigenvalue weighted by Crippen LogP contribution is 2.29. The number of carbonyl (C=O) groups is 2. The summed E-state index contributed by atoms with van der Waals surface area (Å²) in [5, 5.41) is 10.9. The van der Waals surface area contributed by atoms with Gasteiger partial charge >= 0.3 is 0 Å². The lowest BCUT2D eigenvalue weighted by atomic mass is 10.1. The van der Waals surface area contributed by atoms with E-state index in [9.17, 15) is 9.59 Å². The van der Waals surface area contributed by atoms with Crippen LogP contribution in [0.5, 0.6) is 0 Å². The number of pyridine rings is 1. The molecule has 5 aromatic rings. The fourth-order valence-electron chi connectivity index (χ4n) is 3.52. The van der Waals surface area contributed by atoms with Gasteiger partial charge < -0.3 is 16.0 Å². The van der Waals surface area contributed by atoms with Crippen molar-refractivity contribution < 1.29 is 9.59 Å². The second-order valence-electron chi connectivity index (χ2n) is 7.03. The Bertz CT molecular complexity index is 1410. The number of carbonyl (C=O) groups excluding carboxylic acids is 2. The second-order valence-corrected chi connectivity index (χ2v) is 7.03. The summed E-state index contributed by atoms with van der Waals surface area (Å²) in [6, 6.07) is 15.3. The van der Waals surface area contributed by atoms with Gasteiger partial charge in [0.25, 0.3) is 5.91 Å². The van der Waals surface area contributed by atoms with Gasteiger partial charge in [-0.05, 0) is 29.8 Å². The van der Waals surface area contributed by atoms with Crippen molar-refractivity contribution in [2.45, 2.75) is 6.04 Å². The molecule has 0 bridgehead atoms. The van der Waals surface area contributed by atoms with Crippen LogP contribution in [0.4, 0.5) is 0 Å². The van der Waals surface area contributed by atoms with Gasteiger partial charge in [0, 0.05) is 23.3 Å². The van der Waals surface area contributed by atoms with Crippen LogP contribution in [-0.4, -0.2) is 37.0 Å². The number of imidazole rings is 1. The number of hydrogen-bond donors (Lipinski definition) is 4. The number of fused-ring (bicyclic) bond motifs is 2. The SMILES string of the molecule is NC(=O)[C@@H](NC(=O)c1nc2cc3c(-c4ccncc4)n[nH]c3cc2[nH]1)c1ccccc1. The Labute approximate surface area is 175 Å². The molecule has 2 aromatic carbocycles. The number of rotatable bonds is 5. The third-order valence-electron chi connectivity index (χ3n) is 5.03. The van der Waals surface area contributed by atoms with Crippen molar-refractivity contribution >= 4 is 33.8 Å². The molecule has 3 heterocycles. The van der Waals surface area contributed by atoms with Gasteiger partial charge in [0.05, 0.1) is 16.6 Å². The topological polar surface area (TPSA) is 142 Å². The van der Waals surface area contributed by atoms with Crippen LogP contribution in [-0.2, 0) is 4.79 Å². The first-order chi connectivity index (χ1) is 15.1. The Balaban J connectivity index is 1.49. The lowest BCUT2D eigenvalue weighted by Crippen LogP contribution is -2.37. The molecule has 9 nitrogen and oxygen atoms in total. The molecule has 152 valence electrons. The molecule has 0 aliphatic rings. The normalized spacial score (nSPS) is 12.1. The van der Waals surface area contributed by atoms with Gasteiger partial charge in [0.15, 0.2) is 5.82 Å². The summed E-state index contributed by atoms with van der Waals surface area (Å²) in [5.41, 5.74) is 9.85. The fraction of sp³-hybridized carbons (Fsp3) is 0.0455. The maximum Gasteiger partial charge on any atom is 0.288 e. The summed E-state index contributed by atoms with van der Waals surface area (Å²) in [4.78, 5) is 36.1. The van der Waals surface area contributed by atoms with Crippen molar-refractivity contribution in [3.8, 4) is 11.3 Å². The molecule has 0 fully saturated rings. The third kappa shape index (κ3) is 3.38. The number of nitrogens with two attached hydrogens (primary N) is 1. The molecule has 0 aliphatic heterocycles. The number of nitrogens with zero attached hydrogens (tertiary/aromatic N) is 3. The van der Waals surface area contributed by atoms with E-state index < -0.39 is 17.9 Å². The first kappa shape index (κ1) is 18.5. The molecule has 1 atom stereocenters. The number of aromatic amines is 2. The van der Waals surface area contributed by atoms with Crippen molar-refractivity contribution in [2.75, 3.05) is 0 Å². The van der Waals surface area contributed by atoms with E-state index in [4.69, 9.17) is 5.73 Å². The van der Waals surface area contributed by atoms with Gasteiger partial charge in [0.2, 0.25) is 5.91 Å². The Kier molecular flexibility index (Phi) is 4.40. The van der Waals surface area contributed by atoms with Crippen molar-refractivity contribution in [1.82, 2.24) is 30.5 Å². The van der Waals surface area contributed by atoms with Gasteiger partial charge in [-0.25, -0.2) is 4.98 Å². The van der Waals surface area contributed by atoms with E-state index in [0.717, 1.165) is 22.2 Å². The van der Waals surface area contributed by atoms with E-state index in [0.29, 0.717) is 16.6 Å². The number of H-pyrrole nitrogens is 2. The van der Waals surface area contributed by atoms with Crippen molar-refractivity contribution in [1.29, 1.82) is 0 Å². The van der Waals surface area contributed by atoms with Gasteiger partial charge in [-0.15, -0.1) is 0 Å². The molecule has 9 heteroatoms. The van der Waals surface area contributed by atoms with Crippen LogP contribution in [0.3, 0.4) is 0 Å². The molecule has 0 saturated carbocycles. The zero-order valence-corrected chi connectivity index (χ0v) is 16.2. The highest BCUT2D eigenvalue weighted by atomic mass is 16.2. The van der Waals surface area contributed by atoms with Crippen LogP contribution in [0, 0.1) is 0 Å².